The van der Waals surface area contributed by atoms with Gasteiger partial charge in [-0.1, -0.05) is 170 Å². The Hall–Kier alpha value is -7.69. The highest BCUT2D eigenvalue weighted by Gasteiger charge is 2.19. The molecule has 57 heavy (non-hydrogen) atoms. The first-order valence-corrected chi connectivity index (χ1v) is 19.2. The van der Waals surface area contributed by atoms with Crippen molar-refractivity contribution < 1.29 is 4.42 Å². The number of aromatic nitrogens is 3. The van der Waals surface area contributed by atoms with Crippen LogP contribution in [0.15, 0.2) is 205 Å². The molecule has 0 unspecified atom stereocenters. The van der Waals surface area contributed by atoms with Crippen LogP contribution in [0.4, 0.5) is 0 Å². The molecule has 11 aromatic rings. The number of furan rings is 1. The summed E-state index contributed by atoms with van der Waals surface area (Å²) in [6.45, 7) is 0. The van der Waals surface area contributed by atoms with Crippen LogP contribution in [-0.2, 0) is 0 Å². The first-order chi connectivity index (χ1) is 28.2. The first kappa shape index (κ1) is 32.7. The number of benzene rings is 9. The summed E-state index contributed by atoms with van der Waals surface area (Å²) < 4.78 is 6.37. The van der Waals surface area contributed by atoms with Crippen LogP contribution in [0.3, 0.4) is 0 Å². The highest BCUT2D eigenvalue weighted by molar-refractivity contribution is 6.07. The lowest BCUT2D eigenvalue weighted by molar-refractivity contribution is 0.669. The first-order valence-electron chi connectivity index (χ1n) is 19.2. The third-order valence-electron chi connectivity index (χ3n) is 10.9. The average Bonchev–Trinajstić information content (AvgIpc) is 3.67. The Morgan fingerprint density at radius 1 is 0.263 bits per heavy atom. The molecular formula is C53H33N3O. The molecule has 4 heteroatoms. The molecule has 266 valence electrons. The zero-order valence-corrected chi connectivity index (χ0v) is 30.8. The Morgan fingerprint density at radius 3 is 1.68 bits per heavy atom. The SMILES string of the molecule is c1ccc(-c2ccc3c(-c4nc(-c5ccccc5)nc(-c5ccc(-c6ccc7c(c6)oc6ccccc67)c(-c6cccc7ccccc67)c5)n4)cccc3c2)cc1. The predicted octanol–water partition coefficient (Wildman–Crippen LogP) is 14.1. The van der Waals surface area contributed by atoms with Crippen molar-refractivity contribution in [2.75, 3.05) is 0 Å². The van der Waals surface area contributed by atoms with Crippen molar-refractivity contribution in [1.29, 1.82) is 0 Å². The third-order valence-corrected chi connectivity index (χ3v) is 10.9. The van der Waals surface area contributed by atoms with E-state index in [-0.39, 0.29) is 0 Å². The minimum Gasteiger partial charge on any atom is -0.456 e. The standard InChI is InChI=1S/C53H33N3O/c1-3-13-34(14-4-1)37-25-28-42-38(31-37)19-12-23-47(42)53-55-51(36-16-5-2-6-17-36)54-52(56-53)40-27-29-43(48(32-40)44-22-11-18-35-15-7-8-20-41(35)44)39-26-30-46-45-21-9-10-24-49(45)57-50(46)33-39/h1-33H. The van der Waals surface area contributed by atoms with Gasteiger partial charge in [0.2, 0.25) is 0 Å². The van der Waals surface area contributed by atoms with Gasteiger partial charge < -0.3 is 4.42 Å². The largest absolute Gasteiger partial charge is 0.456 e. The minimum atomic E-state index is 0.609. The molecule has 0 fully saturated rings. The smallest absolute Gasteiger partial charge is 0.164 e. The lowest BCUT2D eigenvalue weighted by Gasteiger charge is -2.16. The Kier molecular flexibility index (Phi) is 7.78. The molecule has 2 heterocycles. The number of hydrogen-bond donors (Lipinski definition) is 0. The summed E-state index contributed by atoms with van der Waals surface area (Å²) in [6, 6.07) is 70.0. The van der Waals surface area contributed by atoms with Gasteiger partial charge in [-0.3, -0.25) is 0 Å². The van der Waals surface area contributed by atoms with E-state index in [0.29, 0.717) is 17.5 Å². The van der Waals surface area contributed by atoms with Crippen molar-refractivity contribution >= 4 is 43.5 Å². The molecule has 0 saturated heterocycles. The number of hydrogen-bond acceptors (Lipinski definition) is 4. The molecule has 0 spiro atoms. The fraction of sp³-hybridized carbons (Fsp3) is 0. The van der Waals surface area contributed by atoms with Gasteiger partial charge in [0, 0.05) is 27.5 Å². The molecule has 0 aliphatic carbocycles. The van der Waals surface area contributed by atoms with Gasteiger partial charge >= 0.3 is 0 Å². The lowest BCUT2D eigenvalue weighted by Crippen LogP contribution is -2.01. The Labute approximate surface area is 329 Å². The molecule has 0 bridgehead atoms. The van der Waals surface area contributed by atoms with Crippen LogP contribution in [0.5, 0.6) is 0 Å². The topological polar surface area (TPSA) is 51.8 Å². The van der Waals surface area contributed by atoms with Crippen LogP contribution in [0.2, 0.25) is 0 Å². The highest BCUT2D eigenvalue weighted by atomic mass is 16.3. The van der Waals surface area contributed by atoms with Crippen molar-refractivity contribution in [2.24, 2.45) is 0 Å². The third kappa shape index (κ3) is 5.83. The second-order valence-corrected chi connectivity index (χ2v) is 14.4. The van der Waals surface area contributed by atoms with E-state index in [1.54, 1.807) is 0 Å². The highest BCUT2D eigenvalue weighted by Crippen LogP contribution is 2.41. The van der Waals surface area contributed by atoms with Crippen molar-refractivity contribution in [3.63, 3.8) is 0 Å². The maximum atomic E-state index is 6.37. The maximum absolute atomic E-state index is 6.37. The fourth-order valence-electron chi connectivity index (χ4n) is 8.14. The molecule has 0 radical (unpaired) electrons. The summed E-state index contributed by atoms with van der Waals surface area (Å²) in [4.78, 5) is 15.5. The Balaban J connectivity index is 1.11. The van der Waals surface area contributed by atoms with Gasteiger partial charge in [0.15, 0.2) is 17.5 Å². The van der Waals surface area contributed by atoms with Crippen molar-refractivity contribution in [3.05, 3.63) is 200 Å². The summed E-state index contributed by atoms with van der Waals surface area (Å²) in [5, 5.41) is 6.79. The van der Waals surface area contributed by atoms with Crippen molar-refractivity contribution in [2.45, 2.75) is 0 Å². The number of para-hydroxylation sites is 1. The van der Waals surface area contributed by atoms with Crippen molar-refractivity contribution in [1.82, 2.24) is 15.0 Å². The quantitative estimate of drug-likeness (QED) is 0.171. The van der Waals surface area contributed by atoms with Crippen LogP contribution in [0, 0.1) is 0 Å². The van der Waals surface area contributed by atoms with E-state index in [2.05, 4.69) is 164 Å². The summed E-state index contributed by atoms with van der Waals surface area (Å²) >= 11 is 0. The lowest BCUT2D eigenvalue weighted by atomic mass is 9.89. The Morgan fingerprint density at radius 2 is 0.842 bits per heavy atom. The second kappa shape index (κ2) is 13.6. The summed E-state index contributed by atoms with van der Waals surface area (Å²) in [6.07, 6.45) is 0. The molecule has 0 amide bonds. The van der Waals surface area contributed by atoms with E-state index in [4.69, 9.17) is 19.4 Å². The second-order valence-electron chi connectivity index (χ2n) is 14.4. The van der Waals surface area contributed by atoms with Gasteiger partial charge in [-0.2, -0.15) is 0 Å². The van der Waals surface area contributed by atoms with Gasteiger partial charge in [-0.05, 0) is 85.3 Å². The zero-order valence-electron chi connectivity index (χ0n) is 30.8. The monoisotopic (exact) mass is 727 g/mol. The molecule has 0 saturated carbocycles. The van der Waals surface area contributed by atoms with E-state index in [1.807, 2.05) is 36.4 Å². The number of rotatable bonds is 6. The average molecular weight is 728 g/mol. The van der Waals surface area contributed by atoms with Gasteiger partial charge in [-0.15, -0.1) is 0 Å². The van der Waals surface area contributed by atoms with Gasteiger partial charge in [0.05, 0.1) is 0 Å². The molecule has 0 atom stereocenters. The van der Waals surface area contributed by atoms with Crippen LogP contribution in [0.1, 0.15) is 0 Å². The van der Waals surface area contributed by atoms with Crippen LogP contribution < -0.4 is 0 Å². The normalized spacial score (nSPS) is 11.5. The molecule has 11 rings (SSSR count). The van der Waals surface area contributed by atoms with Crippen molar-refractivity contribution in [3.8, 4) is 67.5 Å². The van der Waals surface area contributed by atoms with Crippen LogP contribution in [0.25, 0.3) is 111 Å². The fourth-order valence-corrected chi connectivity index (χ4v) is 8.14. The zero-order chi connectivity index (χ0) is 37.7. The molecule has 0 aliphatic rings. The van der Waals surface area contributed by atoms with Gasteiger partial charge in [0.1, 0.15) is 11.2 Å². The maximum Gasteiger partial charge on any atom is 0.164 e. The predicted molar refractivity (Wildman–Crippen MR) is 235 cm³/mol. The van der Waals surface area contributed by atoms with Gasteiger partial charge in [0.25, 0.3) is 0 Å². The van der Waals surface area contributed by atoms with E-state index in [0.717, 1.165) is 71.7 Å². The minimum absolute atomic E-state index is 0.609. The van der Waals surface area contributed by atoms with E-state index in [9.17, 15) is 0 Å². The molecule has 2 aromatic heterocycles. The Bertz CT molecular complexity index is 3290. The van der Waals surface area contributed by atoms with E-state index in [1.165, 1.54) is 21.9 Å². The molecule has 0 N–H and O–H groups in total. The van der Waals surface area contributed by atoms with Crippen LogP contribution >= 0.6 is 0 Å². The number of fused-ring (bicyclic) bond motifs is 5. The summed E-state index contributed by atoms with van der Waals surface area (Å²) in [7, 11) is 0. The molecular weight excluding hydrogens is 695 g/mol. The van der Waals surface area contributed by atoms with E-state index >= 15 is 0 Å². The molecule has 9 aromatic carbocycles. The molecule has 0 aliphatic heterocycles. The summed E-state index contributed by atoms with van der Waals surface area (Å²) in [5.41, 5.74) is 11.3. The number of nitrogens with zero attached hydrogens (tertiary/aromatic N) is 3. The summed E-state index contributed by atoms with van der Waals surface area (Å²) in [5.74, 6) is 1.86. The molecule has 4 nitrogen and oxygen atoms in total. The van der Waals surface area contributed by atoms with Crippen LogP contribution in [-0.4, -0.2) is 15.0 Å². The van der Waals surface area contributed by atoms with E-state index < -0.39 is 0 Å². The van der Waals surface area contributed by atoms with Gasteiger partial charge in [-0.25, -0.2) is 15.0 Å².